The topological polar surface area (TPSA) is 52.6 Å². The molecule has 4 heteroatoms. The second-order valence-electron chi connectivity index (χ2n) is 5.10. The highest BCUT2D eigenvalue weighted by Crippen LogP contribution is 2.33. The predicted octanol–water partition coefficient (Wildman–Crippen LogP) is 1.45. The van der Waals surface area contributed by atoms with Gasteiger partial charge < -0.3 is 10.0 Å². The van der Waals surface area contributed by atoms with Gasteiger partial charge in [0.05, 0.1) is 6.04 Å². The Morgan fingerprint density at radius 1 is 1.50 bits per heavy atom. The number of carbonyl (C=O) groups is 1. The van der Waals surface area contributed by atoms with Gasteiger partial charge in [0.1, 0.15) is 5.75 Å². The number of phenols is 1. The summed E-state index contributed by atoms with van der Waals surface area (Å²) in [6, 6.07) is 5.48. The Morgan fingerprint density at radius 2 is 2.22 bits per heavy atom. The highest BCUT2D eigenvalue weighted by molar-refractivity contribution is 5.81. The SMILES string of the molecule is CC(NC1CCc2cc(O)ccc21)C(=O)N(C)C. The Bertz CT molecular complexity index is 457. The molecule has 2 rings (SSSR count). The van der Waals surface area contributed by atoms with Crippen molar-refractivity contribution in [1.29, 1.82) is 0 Å². The molecule has 18 heavy (non-hydrogen) atoms. The van der Waals surface area contributed by atoms with E-state index in [1.165, 1.54) is 11.1 Å². The average Bonchev–Trinajstić information content (AvgIpc) is 2.70. The maximum atomic E-state index is 11.8. The lowest BCUT2D eigenvalue weighted by Crippen LogP contribution is -2.42. The van der Waals surface area contributed by atoms with E-state index < -0.39 is 0 Å². The average molecular weight is 248 g/mol. The Hall–Kier alpha value is -1.55. The van der Waals surface area contributed by atoms with Crippen molar-refractivity contribution in [2.24, 2.45) is 0 Å². The van der Waals surface area contributed by atoms with Crippen LogP contribution in [-0.2, 0) is 11.2 Å². The summed E-state index contributed by atoms with van der Waals surface area (Å²) in [5, 5.41) is 12.8. The first-order chi connectivity index (χ1) is 8.49. The number of likely N-dealkylation sites (N-methyl/N-ethyl adjacent to an activating group) is 1. The third-order valence-corrected chi connectivity index (χ3v) is 3.47. The summed E-state index contributed by atoms with van der Waals surface area (Å²) >= 11 is 0. The molecule has 1 aromatic carbocycles. The van der Waals surface area contributed by atoms with Crippen LogP contribution in [0.15, 0.2) is 18.2 Å². The fourth-order valence-electron chi connectivity index (χ4n) is 2.54. The van der Waals surface area contributed by atoms with Crippen molar-refractivity contribution in [3.63, 3.8) is 0 Å². The summed E-state index contributed by atoms with van der Waals surface area (Å²) in [4.78, 5) is 13.4. The van der Waals surface area contributed by atoms with Gasteiger partial charge in [0, 0.05) is 20.1 Å². The molecule has 98 valence electrons. The standard InChI is InChI=1S/C14H20N2O2/c1-9(14(18)16(2)3)15-13-7-4-10-8-11(17)5-6-12(10)13/h5-6,8-9,13,15,17H,4,7H2,1-3H3. The molecular formula is C14H20N2O2. The van der Waals surface area contributed by atoms with Crippen molar-refractivity contribution in [3.8, 4) is 5.75 Å². The van der Waals surface area contributed by atoms with Gasteiger partial charge in [-0.3, -0.25) is 10.1 Å². The number of aromatic hydroxyl groups is 1. The number of carbonyl (C=O) groups excluding carboxylic acids is 1. The summed E-state index contributed by atoms with van der Waals surface area (Å²) in [7, 11) is 3.53. The monoisotopic (exact) mass is 248 g/mol. The quantitative estimate of drug-likeness (QED) is 0.851. The lowest BCUT2D eigenvalue weighted by atomic mass is 10.1. The van der Waals surface area contributed by atoms with Crippen molar-refractivity contribution in [1.82, 2.24) is 10.2 Å². The largest absolute Gasteiger partial charge is 0.508 e. The Balaban J connectivity index is 2.08. The van der Waals surface area contributed by atoms with E-state index in [0.717, 1.165) is 12.8 Å². The van der Waals surface area contributed by atoms with E-state index in [9.17, 15) is 9.90 Å². The molecule has 0 bridgehead atoms. The van der Waals surface area contributed by atoms with Crippen LogP contribution in [0.25, 0.3) is 0 Å². The van der Waals surface area contributed by atoms with Crippen molar-refractivity contribution >= 4 is 5.91 Å². The molecule has 0 saturated heterocycles. The fraction of sp³-hybridized carbons (Fsp3) is 0.500. The molecule has 1 aliphatic rings. The Morgan fingerprint density at radius 3 is 2.89 bits per heavy atom. The van der Waals surface area contributed by atoms with Gasteiger partial charge >= 0.3 is 0 Å². The number of nitrogens with zero attached hydrogens (tertiary/aromatic N) is 1. The molecule has 2 atom stereocenters. The van der Waals surface area contributed by atoms with Crippen LogP contribution in [0.5, 0.6) is 5.75 Å². The van der Waals surface area contributed by atoms with E-state index in [1.54, 1.807) is 25.1 Å². The van der Waals surface area contributed by atoms with Gasteiger partial charge in [-0.1, -0.05) is 6.07 Å². The summed E-state index contributed by atoms with van der Waals surface area (Å²) < 4.78 is 0. The van der Waals surface area contributed by atoms with Gasteiger partial charge in [-0.25, -0.2) is 0 Å². The zero-order chi connectivity index (χ0) is 13.3. The van der Waals surface area contributed by atoms with Gasteiger partial charge in [-0.05, 0) is 43.0 Å². The van der Waals surface area contributed by atoms with Crippen molar-refractivity contribution in [2.75, 3.05) is 14.1 Å². The summed E-state index contributed by atoms with van der Waals surface area (Å²) in [6.45, 7) is 1.89. The molecular weight excluding hydrogens is 228 g/mol. The highest BCUT2D eigenvalue weighted by atomic mass is 16.3. The van der Waals surface area contributed by atoms with Crippen molar-refractivity contribution < 1.29 is 9.90 Å². The van der Waals surface area contributed by atoms with E-state index in [4.69, 9.17) is 0 Å². The first-order valence-electron chi connectivity index (χ1n) is 6.28. The molecule has 0 fully saturated rings. The number of rotatable bonds is 3. The Kier molecular flexibility index (Phi) is 3.57. The molecule has 2 unspecified atom stereocenters. The highest BCUT2D eigenvalue weighted by Gasteiger charge is 2.26. The lowest BCUT2D eigenvalue weighted by Gasteiger charge is -2.22. The summed E-state index contributed by atoms with van der Waals surface area (Å²) in [5.74, 6) is 0.397. The maximum absolute atomic E-state index is 11.8. The van der Waals surface area contributed by atoms with Crippen LogP contribution in [0.3, 0.4) is 0 Å². The molecule has 0 saturated carbocycles. The van der Waals surface area contributed by atoms with E-state index in [0.29, 0.717) is 5.75 Å². The number of hydrogen-bond donors (Lipinski definition) is 2. The minimum Gasteiger partial charge on any atom is -0.508 e. The van der Waals surface area contributed by atoms with Gasteiger partial charge in [0.2, 0.25) is 5.91 Å². The lowest BCUT2D eigenvalue weighted by molar-refractivity contribution is -0.130. The smallest absolute Gasteiger partial charge is 0.238 e. The summed E-state index contributed by atoms with van der Waals surface area (Å²) in [5.41, 5.74) is 2.38. The second kappa shape index (κ2) is 4.98. The first kappa shape index (κ1) is 12.9. The predicted molar refractivity (Wildman–Crippen MR) is 70.5 cm³/mol. The van der Waals surface area contributed by atoms with Gasteiger partial charge in [0.25, 0.3) is 0 Å². The molecule has 0 heterocycles. The van der Waals surface area contributed by atoms with E-state index in [1.807, 2.05) is 19.1 Å². The molecule has 0 aliphatic heterocycles. The van der Waals surface area contributed by atoms with Crippen LogP contribution in [-0.4, -0.2) is 36.1 Å². The zero-order valence-electron chi connectivity index (χ0n) is 11.1. The van der Waals surface area contributed by atoms with Crippen LogP contribution in [0.2, 0.25) is 0 Å². The van der Waals surface area contributed by atoms with Crippen LogP contribution >= 0.6 is 0 Å². The number of benzene rings is 1. The van der Waals surface area contributed by atoms with E-state index in [2.05, 4.69) is 5.32 Å². The van der Waals surface area contributed by atoms with Crippen molar-refractivity contribution in [2.45, 2.75) is 31.8 Å². The molecule has 1 amide bonds. The molecule has 0 aromatic heterocycles. The first-order valence-corrected chi connectivity index (χ1v) is 6.28. The van der Waals surface area contributed by atoms with Gasteiger partial charge in [0.15, 0.2) is 0 Å². The molecule has 0 radical (unpaired) electrons. The van der Waals surface area contributed by atoms with Crippen molar-refractivity contribution in [3.05, 3.63) is 29.3 Å². The molecule has 1 aromatic rings. The number of nitrogens with one attached hydrogen (secondary N) is 1. The zero-order valence-corrected chi connectivity index (χ0v) is 11.1. The normalized spacial score (nSPS) is 19.4. The number of fused-ring (bicyclic) bond motifs is 1. The number of amides is 1. The van der Waals surface area contributed by atoms with E-state index >= 15 is 0 Å². The number of hydrogen-bond acceptors (Lipinski definition) is 3. The second-order valence-corrected chi connectivity index (χ2v) is 5.10. The minimum atomic E-state index is -0.190. The van der Waals surface area contributed by atoms with Crippen LogP contribution < -0.4 is 5.32 Å². The third-order valence-electron chi connectivity index (χ3n) is 3.47. The van der Waals surface area contributed by atoms with Gasteiger partial charge in [-0.15, -0.1) is 0 Å². The molecule has 2 N–H and O–H groups in total. The number of phenolic OH excluding ortho intramolecular Hbond substituents is 1. The van der Waals surface area contributed by atoms with Crippen LogP contribution in [0.1, 0.15) is 30.5 Å². The van der Waals surface area contributed by atoms with Crippen LogP contribution in [0.4, 0.5) is 0 Å². The Labute approximate surface area is 108 Å². The maximum Gasteiger partial charge on any atom is 0.238 e. The molecule has 1 aliphatic carbocycles. The third kappa shape index (κ3) is 2.48. The van der Waals surface area contributed by atoms with Crippen LogP contribution in [0, 0.1) is 0 Å². The van der Waals surface area contributed by atoms with E-state index in [-0.39, 0.29) is 18.0 Å². The number of aryl methyl sites for hydroxylation is 1. The molecule has 4 nitrogen and oxygen atoms in total. The minimum absolute atomic E-state index is 0.0854. The van der Waals surface area contributed by atoms with Gasteiger partial charge in [-0.2, -0.15) is 0 Å². The molecule has 0 spiro atoms. The summed E-state index contributed by atoms with van der Waals surface area (Å²) in [6.07, 6.45) is 1.92. The fourth-order valence-corrected chi connectivity index (χ4v) is 2.54.